The predicted octanol–water partition coefficient (Wildman–Crippen LogP) is 0.635. The number of benzene rings is 1. The minimum atomic E-state index is -0.505. The minimum absolute atomic E-state index is 0.0740. The van der Waals surface area contributed by atoms with Crippen LogP contribution in [0.2, 0.25) is 0 Å². The van der Waals surface area contributed by atoms with Crippen LogP contribution in [0, 0.1) is 5.82 Å². The fourth-order valence-corrected chi connectivity index (χ4v) is 1.69. The summed E-state index contributed by atoms with van der Waals surface area (Å²) in [6.07, 6.45) is 1.84. The van der Waals surface area contributed by atoms with E-state index in [-0.39, 0.29) is 11.4 Å². The second-order valence-corrected chi connectivity index (χ2v) is 4.04. The lowest BCUT2D eigenvalue weighted by Crippen LogP contribution is -2.20. The molecule has 0 fully saturated rings. The summed E-state index contributed by atoms with van der Waals surface area (Å²) in [5.74, 6) is -0.172. The number of hydrogen-bond donors (Lipinski definition) is 3. The normalized spacial score (nSPS) is 11.8. The van der Waals surface area contributed by atoms with Gasteiger partial charge in [0, 0.05) is 25.1 Å². The van der Waals surface area contributed by atoms with Crippen molar-refractivity contribution in [3.8, 4) is 0 Å². The molecule has 2 rings (SSSR count). The van der Waals surface area contributed by atoms with Gasteiger partial charge in [-0.2, -0.15) is 4.98 Å². The highest BCUT2D eigenvalue weighted by Gasteiger charge is 2.11. The number of amidine groups is 1. The van der Waals surface area contributed by atoms with E-state index in [2.05, 4.69) is 25.1 Å². The lowest BCUT2D eigenvalue weighted by atomic mass is 10.1. The molecular weight excluding hydrogens is 265 g/mol. The molecular formula is C12H14FN5O2. The van der Waals surface area contributed by atoms with Gasteiger partial charge < -0.3 is 20.8 Å². The van der Waals surface area contributed by atoms with E-state index in [1.54, 1.807) is 12.1 Å². The quantitative estimate of drug-likeness (QED) is 0.235. The van der Waals surface area contributed by atoms with Crippen molar-refractivity contribution in [2.45, 2.75) is 13.0 Å². The zero-order valence-electron chi connectivity index (χ0n) is 10.6. The van der Waals surface area contributed by atoms with Gasteiger partial charge >= 0.3 is 0 Å². The van der Waals surface area contributed by atoms with Gasteiger partial charge in [-0.1, -0.05) is 22.4 Å². The Bertz CT molecular complexity index is 586. The highest BCUT2D eigenvalue weighted by molar-refractivity contribution is 5.97. The fraction of sp³-hybridized carbons (Fsp3) is 0.250. The maximum absolute atomic E-state index is 14.1. The van der Waals surface area contributed by atoms with Crippen molar-refractivity contribution in [1.82, 2.24) is 15.5 Å². The number of rotatable bonds is 6. The molecule has 8 heteroatoms. The number of nitrogens with zero attached hydrogens (tertiary/aromatic N) is 3. The van der Waals surface area contributed by atoms with Gasteiger partial charge in [-0.25, -0.2) is 4.39 Å². The summed E-state index contributed by atoms with van der Waals surface area (Å²) in [6, 6.07) is 4.73. The molecule has 1 aromatic carbocycles. The summed E-state index contributed by atoms with van der Waals surface area (Å²) in [5.41, 5.74) is 5.90. The Morgan fingerprint density at radius 2 is 2.35 bits per heavy atom. The van der Waals surface area contributed by atoms with Crippen molar-refractivity contribution >= 4 is 5.84 Å². The first-order valence-electron chi connectivity index (χ1n) is 5.93. The van der Waals surface area contributed by atoms with Crippen LogP contribution >= 0.6 is 0 Å². The molecule has 0 aliphatic carbocycles. The molecule has 2 aromatic rings. The lowest BCUT2D eigenvalue weighted by molar-refractivity contribution is 0.318. The molecule has 7 nitrogen and oxygen atoms in total. The molecule has 0 amide bonds. The van der Waals surface area contributed by atoms with E-state index in [0.717, 1.165) is 0 Å². The summed E-state index contributed by atoms with van der Waals surface area (Å²) >= 11 is 0. The molecule has 4 N–H and O–H groups in total. The van der Waals surface area contributed by atoms with Crippen LogP contribution in [-0.4, -0.2) is 27.7 Å². The first kappa shape index (κ1) is 13.9. The third-order valence-corrected chi connectivity index (χ3v) is 2.71. The van der Waals surface area contributed by atoms with Crippen LogP contribution in [0.15, 0.2) is 34.3 Å². The smallest absolute Gasteiger partial charge is 0.213 e. The number of hydrogen-bond acceptors (Lipinski definition) is 6. The van der Waals surface area contributed by atoms with Gasteiger partial charge in [-0.15, -0.1) is 0 Å². The summed E-state index contributed by atoms with van der Waals surface area (Å²) in [4.78, 5) is 3.87. The van der Waals surface area contributed by atoms with Gasteiger partial charge in [0.1, 0.15) is 5.82 Å². The summed E-state index contributed by atoms with van der Waals surface area (Å²) in [6.45, 7) is 0.892. The third-order valence-electron chi connectivity index (χ3n) is 2.71. The van der Waals surface area contributed by atoms with Gasteiger partial charge in [0.2, 0.25) is 6.39 Å². The van der Waals surface area contributed by atoms with E-state index < -0.39 is 5.82 Å². The first-order valence-corrected chi connectivity index (χ1v) is 5.93. The molecule has 1 heterocycles. The summed E-state index contributed by atoms with van der Waals surface area (Å²) in [7, 11) is 0. The topological polar surface area (TPSA) is 110 Å². The highest BCUT2D eigenvalue weighted by atomic mass is 19.1. The fourth-order valence-electron chi connectivity index (χ4n) is 1.69. The average Bonchev–Trinajstić information content (AvgIpc) is 2.97. The Labute approximate surface area is 114 Å². The molecule has 0 spiro atoms. The van der Waals surface area contributed by atoms with Crippen LogP contribution in [0.3, 0.4) is 0 Å². The van der Waals surface area contributed by atoms with Crippen molar-refractivity contribution in [2.75, 3.05) is 6.54 Å². The molecule has 1 aromatic heterocycles. The molecule has 0 unspecified atom stereocenters. The van der Waals surface area contributed by atoms with E-state index in [0.29, 0.717) is 30.9 Å². The Hall–Kier alpha value is -2.48. The molecule has 0 radical (unpaired) electrons. The van der Waals surface area contributed by atoms with E-state index in [9.17, 15) is 4.39 Å². The van der Waals surface area contributed by atoms with Gasteiger partial charge in [0.15, 0.2) is 11.7 Å². The summed E-state index contributed by atoms with van der Waals surface area (Å²) in [5, 5.41) is 18.1. The zero-order valence-corrected chi connectivity index (χ0v) is 10.6. The molecule has 0 saturated carbocycles. The van der Waals surface area contributed by atoms with Gasteiger partial charge in [-0.05, 0) is 6.07 Å². The number of nitrogens with two attached hydrogens (primary N) is 1. The largest absolute Gasteiger partial charge is 0.409 e. The second-order valence-electron chi connectivity index (χ2n) is 4.04. The van der Waals surface area contributed by atoms with Crippen molar-refractivity contribution < 1.29 is 14.1 Å². The number of aromatic nitrogens is 2. The van der Waals surface area contributed by atoms with E-state index in [4.69, 9.17) is 10.9 Å². The highest BCUT2D eigenvalue weighted by Crippen LogP contribution is 2.12. The summed E-state index contributed by atoms with van der Waals surface area (Å²) < 4.78 is 18.7. The SMILES string of the molecule is N/C(=N/O)c1cccc(CNCCc2ncon2)c1F. The maximum Gasteiger partial charge on any atom is 0.213 e. The molecule has 0 aliphatic rings. The second kappa shape index (κ2) is 6.62. The van der Waals surface area contributed by atoms with Gasteiger partial charge in [0.05, 0.1) is 5.56 Å². The van der Waals surface area contributed by atoms with Crippen LogP contribution in [0.1, 0.15) is 17.0 Å². The standard InChI is InChI=1S/C12H14FN5O2/c13-11-8(2-1-3-9(11)12(14)17-19)6-15-5-4-10-16-7-20-18-10/h1-3,7,15,19H,4-6H2,(H2,14,17). The molecule has 20 heavy (non-hydrogen) atoms. The van der Waals surface area contributed by atoms with Crippen LogP contribution < -0.4 is 11.1 Å². The Morgan fingerprint density at radius 3 is 3.05 bits per heavy atom. The monoisotopic (exact) mass is 279 g/mol. The van der Waals surface area contributed by atoms with Gasteiger partial charge in [-0.3, -0.25) is 0 Å². The molecule has 0 saturated heterocycles. The van der Waals surface area contributed by atoms with Crippen LogP contribution in [0.5, 0.6) is 0 Å². The Balaban J connectivity index is 1.93. The Kier molecular flexibility index (Phi) is 4.61. The zero-order chi connectivity index (χ0) is 14.4. The molecule has 106 valence electrons. The van der Waals surface area contributed by atoms with Crippen molar-refractivity contribution in [2.24, 2.45) is 10.9 Å². The molecule has 0 aliphatic heterocycles. The first-order chi connectivity index (χ1) is 9.72. The molecule has 0 atom stereocenters. The third kappa shape index (κ3) is 3.29. The van der Waals surface area contributed by atoms with Crippen molar-refractivity contribution in [3.05, 3.63) is 47.4 Å². The molecule has 0 bridgehead atoms. The van der Waals surface area contributed by atoms with Crippen LogP contribution in [0.4, 0.5) is 4.39 Å². The minimum Gasteiger partial charge on any atom is -0.409 e. The van der Waals surface area contributed by atoms with Crippen LogP contribution in [0.25, 0.3) is 0 Å². The average molecular weight is 279 g/mol. The number of nitrogens with one attached hydrogen (secondary N) is 1. The number of halogens is 1. The van der Waals surface area contributed by atoms with E-state index in [1.807, 2.05) is 0 Å². The maximum atomic E-state index is 14.1. The van der Waals surface area contributed by atoms with Crippen LogP contribution in [-0.2, 0) is 13.0 Å². The Morgan fingerprint density at radius 1 is 1.50 bits per heavy atom. The van der Waals surface area contributed by atoms with E-state index >= 15 is 0 Å². The van der Waals surface area contributed by atoms with Crippen molar-refractivity contribution in [3.63, 3.8) is 0 Å². The van der Waals surface area contributed by atoms with E-state index in [1.165, 1.54) is 12.5 Å². The lowest BCUT2D eigenvalue weighted by Gasteiger charge is -2.08. The van der Waals surface area contributed by atoms with Gasteiger partial charge in [0.25, 0.3) is 0 Å². The predicted molar refractivity (Wildman–Crippen MR) is 68.6 cm³/mol. The van der Waals surface area contributed by atoms with Crippen molar-refractivity contribution in [1.29, 1.82) is 0 Å². The number of oxime groups is 1.